The van der Waals surface area contributed by atoms with Gasteiger partial charge in [-0.25, -0.2) is 0 Å². The number of nitrogens with zero attached hydrogens (tertiary/aromatic N) is 3. The van der Waals surface area contributed by atoms with Gasteiger partial charge in [-0.3, -0.25) is 14.3 Å². The lowest BCUT2D eigenvalue weighted by Crippen LogP contribution is -2.42. The minimum Gasteiger partial charge on any atom is -0.360 e. The predicted octanol–water partition coefficient (Wildman–Crippen LogP) is 2.51. The molecule has 6 nitrogen and oxygen atoms in total. The lowest BCUT2D eigenvalue weighted by Gasteiger charge is -2.32. The zero-order valence-corrected chi connectivity index (χ0v) is 14.1. The number of amides is 1. The number of aryl methyl sites for hydroxylation is 1. The van der Waals surface area contributed by atoms with Crippen molar-refractivity contribution in [1.82, 2.24) is 19.7 Å². The van der Waals surface area contributed by atoms with Crippen molar-refractivity contribution in [3.63, 3.8) is 0 Å². The molecule has 25 heavy (non-hydrogen) atoms. The van der Waals surface area contributed by atoms with Crippen molar-refractivity contribution in [3.8, 4) is 0 Å². The fourth-order valence-electron chi connectivity index (χ4n) is 3.58. The molecule has 6 heteroatoms. The summed E-state index contributed by atoms with van der Waals surface area (Å²) in [6.07, 6.45) is 7.11. The van der Waals surface area contributed by atoms with E-state index in [-0.39, 0.29) is 22.9 Å². The molecule has 3 aromatic rings. The van der Waals surface area contributed by atoms with Gasteiger partial charge < -0.3 is 9.88 Å². The minimum absolute atomic E-state index is 0.162. The molecule has 1 N–H and O–H groups in total. The highest BCUT2D eigenvalue weighted by Crippen LogP contribution is 2.22. The Bertz CT molecular complexity index is 975. The van der Waals surface area contributed by atoms with Crippen molar-refractivity contribution in [3.05, 3.63) is 64.2 Å². The van der Waals surface area contributed by atoms with Crippen molar-refractivity contribution >= 4 is 16.8 Å². The smallest absolute Gasteiger partial charge is 0.259 e. The van der Waals surface area contributed by atoms with Crippen LogP contribution in [0.3, 0.4) is 0 Å². The van der Waals surface area contributed by atoms with Crippen LogP contribution >= 0.6 is 0 Å². The molecule has 0 radical (unpaired) electrons. The highest BCUT2D eigenvalue weighted by atomic mass is 16.2. The van der Waals surface area contributed by atoms with Crippen LogP contribution in [-0.4, -0.2) is 38.7 Å². The molecule has 1 aliphatic rings. The first-order chi connectivity index (χ1) is 12.1. The van der Waals surface area contributed by atoms with E-state index < -0.39 is 0 Å². The predicted molar refractivity (Wildman–Crippen MR) is 95.7 cm³/mol. The van der Waals surface area contributed by atoms with Crippen LogP contribution in [0, 0.1) is 6.92 Å². The number of fused-ring (bicyclic) bond motifs is 1. The van der Waals surface area contributed by atoms with Crippen LogP contribution in [0.2, 0.25) is 0 Å². The SMILES string of the molecule is Cc1cccc2c(=O)c(C(=O)N3CCCC(n4cccn4)C3)c[nH]c12. The third kappa shape index (κ3) is 2.73. The molecule has 1 amide bonds. The standard InChI is InChI=1S/C19H20N4O2/c1-13-5-2-7-15-17(13)20-11-16(18(15)24)19(25)22-9-3-6-14(12-22)23-10-4-8-21-23/h2,4-5,7-8,10-11,14H,3,6,9,12H2,1H3,(H,20,24). The first kappa shape index (κ1) is 15.6. The Hall–Kier alpha value is -2.89. The van der Waals surface area contributed by atoms with Crippen LogP contribution in [-0.2, 0) is 0 Å². The molecule has 0 aliphatic carbocycles. The summed E-state index contributed by atoms with van der Waals surface area (Å²) in [5, 5.41) is 4.85. The van der Waals surface area contributed by atoms with Gasteiger partial charge in [0.25, 0.3) is 5.91 Å². The van der Waals surface area contributed by atoms with E-state index in [2.05, 4.69) is 10.1 Å². The first-order valence-corrected chi connectivity index (χ1v) is 8.54. The third-order valence-electron chi connectivity index (χ3n) is 4.94. The quantitative estimate of drug-likeness (QED) is 0.782. The van der Waals surface area contributed by atoms with E-state index in [1.54, 1.807) is 23.4 Å². The second-order valence-electron chi connectivity index (χ2n) is 6.56. The molecule has 0 saturated carbocycles. The summed E-state index contributed by atoms with van der Waals surface area (Å²) in [4.78, 5) is 30.6. The molecule has 1 aromatic carbocycles. The average molecular weight is 336 g/mol. The highest BCUT2D eigenvalue weighted by molar-refractivity contribution is 5.97. The van der Waals surface area contributed by atoms with Crippen LogP contribution in [0.15, 0.2) is 47.7 Å². The van der Waals surface area contributed by atoms with Gasteiger partial charge in [-0.15, -0.1) is 0 Å². The molecule has 1 saturated heterocycles. The van der Waals surface area contributed by atoms with E-state index in [0.717, 1.165) is 23.9 Å². The molecule has 0 spiro atoms. The second-order valence-corrected chi connectivity index (χ2v) is 6.56. The van der Waals surface area contributed by atoms with E-state index in [1.807, 2.05) is 36.0 Å². The van der Waals surface area contributed by atoms with Gasteiger partial charge >= 0.3 is 0 Å². The number of benzene rings is 1. The van der Waals surface area contributed by atoms with Crippen LogP contribution < -0.4 is 5.43 Å². The Morgan fingerprint density at radius 2 is 2.20 bits per heavy atom. The molecule has 1 aliphatic heterocycles. The molecule has 3 heterocycles. The van der Waals surface area contributed by atoms with Gasteiger partial charge in [-0.2, -0.15) is 5.10 Å². The average Bonchev–Trinajstić information content (AvgIpc) is 3.17. The number of carbonyl (C=O) groups is 1. The fraction of sp³-hybridized carbons (Fsp3) is 0.316. The Kier molecular flexibility index (Phi) is 3.87. The number of pyridine rings is 1. The minimum atomic E-state index is -0.207. The zero-order valence-electron chi connectivity index (χ0n) is 14.1. The Morgan fingerprint density at radius 1 is 1.32 bits per heavy atom. The Morgan fingerprint density at radius 3 is 3.00 bits per heavy atom. The molecule has 0 bridgehead atoms. The summed E-state index contributed by atoms with van der Waals surface area (Å²) in [5.74, 6) is -0.207. The van der Waals surface area contributed by atoms with Crippen LogP contribution in [0.25, 0.3) is 10.9 Å². The van der Waals surface area contributed by atoms with E-state index in [1.165, 1.54) is 0 Å². The Balaban J connectivity index is 1.66. The molecular formula is C19H20N4O2. The maximum Gasteiger partial charge on any atom is 0.259 e. The van der Waals surface area contributed by atoms with Crippen LogP contribution in [0.1, 0.15) is 34.8 Å². The lowest BCUT2D eigenvalue weighted by molar-refractivity contribution is 0.0671. The summed E-state index contributed by atoms with van der Waals surface area (Å²) < 4.78 is 1.90. The van der Waals surface area contributed by atoms with Crippen molar-refractivity contribution in [1.29, 1.82) is 0 Å². The van der Waals surface area contributed by atoms with Crippen LogP contribution in [0.5, 0.6) is 0 Å². The van der Waals surface area contributed by atoms with Gasteiger partial charge in [0.2, 0.25) is 5.43 Å². The number of carbonyl (C=O) groups excluding carboxylic acids is 1. The zero-order chi connectivity index (χ0) is 17.4. The molecule has 2 aromatic heterocycles. The van der Waals surface area contributed by atoms with Gasteiger partial charge in [0, 0.05) is 37.1 Å². The molecular weight excluding hydrogens is 316 g/mol. The summed E-state index contributed by atoms with van der Waals surface area (Å²) in [6.45, 7) is 3.19. The second kappa shape index (κ2) is 6.20. The summed E-state index contributed by atoms with van der Waals surface area (Å²) >= 11 is 0. The van der Waals surface area contributed by atoms with E-state index in [4.69, 9.17) is 0 Å². The number of H-pyrrole nitrogens is 1. The van der Waals surface area contributed by atoms with Gasteiger partial charge in [-0.1, -0.05) is 12.1 Å². The number of para-hydroxylation sites is 1. The first-order valence-electron chi connectivity index (χ1n) is 8.54. The molecule has 1 atom stereocenters. The third-order valence-corrected chi connectivity index (χ3v) is 4.94. The topological polar surface area (TPSA) is 71.0 Å². The summed E-state index contributed by atoms with van der Waals surface area (Å²) in [7, 11) is 0. The number of hydrogen-bond acceptors (Lipinski definition) is 3. The molecule has 1 unspecified atom stereocenters. The van der Waals surface area contributed by atoms with E-state index in [9.17, 15) is 9.59 Å². The number of piperidine rings is 1. The van der Waals surface area contributed by atoms with Gasteiger partial charge in [-0.05, 0) is 37.5 Å². The monoisotopic (exact) mass is 336 g/mol. The summed E-state index contributed by atoms with van der Waals surface area (Å²) in [5.41, 5.74) is 1.78. The fourth-order valence-corrected chi connectivity index (χ4v) is 3.58. The van der Waals surface area contributed by atoms with Gasteiger partial charge in [0.05, 0.1) is 11.6 Å². The molecule has 1 fully saturated rings. The van der Waals surface area contributed by atoms with Crippen molar-refractivity contribution < 1.29 is 4.79 Å². The molecule has 128 valence electrons. The largest absolute Gasteiger partial charge is 0.360 e. The maximum absolute atomic E-state index is 12.9. The van der Waals surface area contributed by atoms with Gasteiger partial charge in [0.15, 0.2) is 0 Å². The van der Waals surface area contributed by atoms with Crippen molar-refractivity contribution in [2.75, 3.05) is 13.1 Å². The lowest BCUT2D eigenvalue weighted by atomic mass is 10.0. The number of rotatable bonds is 2. The van der Waals surface area contributed by atoms with E-state index >= 15 is 0 Å². The number of aromatic amines is 1. The highest BCUT2D eigenvalue weighted by Gasteiger charge is 2.27. The Labute approximate surface area is 145 Å². The number of hydrogen-bond donors (Lipinski definition) is 1. The molecule has 4 rings (SSSR count). The number of likely N-dealkylation sites (tertiary alicyclic amines) is 1. The summed E-state index contributed by atoms with van der Waals surface area (Å²) in [6, 6.07) is 7.60. The van der Waals surface area contributed by atoms with Crippen molar-refractivity contribution in [2.45, 2.75) is 25.8 Å². The van der Waals surface area contributed by atoms with Gasteiger partial charge in [0.1, 0.15) is 5.56 Å². The maximum atomic E-state index is 12.9. The number of aromatic nitrogens is 3. The van der Waals surface area contributed by atoms with Crippen molar-refractivity contribution in [2.24, 2.45) is 0 Å². The normalized spacial score (nSPS) is 17.8. The number of nitrogens with one attached hydrogen (secondary N) is 1. The van der Waals surface area contributed by atoms with Crippen LogP contribution in [0.4, 0.5) is 0 Å². The van der Waals surface area contributed by atoms with E-state index in [0.29, 0.717) is 18.5 Å².